The molecule has 1 aliphatic heterocycles. The van der Waals surface area contributed by atoms with Crippen LogP contribution in [0.25, 0.3) is 0 Å². The predicted octanol–water partition coefficient (Wildman–Crippen LogP) is 2.66. The number of hydrogen-bond donors (Lipinski definition) is 2. The molecule has 0 spiro atoms. The third-order valence-corrected chi connectivity index (χ3v) is 3.51. The van der Waals surface area contributed by atoms with Crippen LogP contribution in [0.15, 0.2) is 41.6 Å². The van der Waals surface area contributed by atoms with E-state index in [2.05, 4.69) is 10.6 Å². The molecule has 0 fully saturated rings. The van der Waals surface area contributed by atoms with Crippen molar-refractivity contribution in [3.63, 3.8) is 0 Å². The van der Waals surface area contributed by atoms with E-state index < -0.39 is 12.0 Å². The van der Waals surface area contributed by atoms with Crippen LogP contribution < -0.4 is 10.6 Å². The zero-order chi connectivity index (χ0) is 15.4. The third kappa shape index (κ3) is 3.42. The number of hydrogen-bond acceptors (Lipinski definition) is 3. The fraction of sp³-hybridized carbons (Fsp3) is 0.375. The molecule has 21 heavy (non-hydrogen) atoms. The number of amides is 2. The lowest BCUT2D eigenvalue weighted by Crippen LogP contribution is -2.45. The summed E-state index contributed by atoms with van der Waals surface area (Å²) in [6, 6.07) is 8.57. The van der Waals surface area contributed by atoms with Crippen molar-refractivity contribution in [2.24, 2.45) is 0 Å². The number of benzene rings is 1. The number of carbonyl (C=O) groups excluding carboxylic acids is 2. The fourth-order valence-electron chi connectivity index (χ4n) is 2.19. The van der Waals surface area contributed by atoms with Crippen molar-refractivity contribution >= 4 is 12.0 Å². The largest absolute Gasteiger partial charge is 0.459 e. The van der Waals surface area contributed by atoms with Crippen LogP contribution in [0.3, 0.4) is 0 Å². The van der Waals surface area contributed by atoms with E-state index in [1.165, 1.54) is 0 Å². The van der Waals surface area contributed by atoms with Gasteiger partial charge in [-0.25, -0.2) is 9.59 Å². The van der Waals surface area contributed by atoms with Gasteiger partial charge in [-0.1, -0.05) is 37.3 Å². The smallest absolute Gasteiger partial charge is 0.338 e. The SMILES string of the molecule is CC[C@@H](C)OC(=O)C1=C(C)NC(=O)N[C@H]1c1ccccc1. The normalized spacial score (nSPS) is 19.6. The standard InChI is InChI=1S/C16H20N2O3/c1-4-10(2)21-15(19)13-11(3)17-16(20)18-14(13)12-8-6-5-7-9-12/h5-10,14H,4H2,1-3H3,(H2,17,18,20)/t10-,14+/m1/s1. The average Bonchev–Trinajstić information content (AvgIpc) is 2.47. The molecule has 0 bridgehead atoms. The minimum absolute atomic E-state index is 0.160. The maximum absolute atomic E-state index is 12.4. The first-order chi connectivity index (χ1) is 10.0. The number of ether oxygens (including phenoxy) is 1. The minimum Gasteiger partial charge on any atom is -0.459 e. The molecule has 0 aromatic heterocycles. The van der Waals surface area contributed by atoms with Crippen molar-refractivity contribution in [3.8, 4) is 0 Å². The number of carbonyl (C=O) groups is 2. The van der Waals surface area contributed by atoms with Crippen molar-refractivity contribution in [1.29, 1.82) is 0 Å². The Bertz CT molecular complexity index is 566. The summed E-state index contributed by atoms with van der Waals surface area (Å²) in [5.41, 5.74) is 1.82. The van der Waals surface area contributed by atoms with Gasteiger partial charge in [0, 0.05) is 5.70 Å². The zero-order valence-electron chi connectivity index (χ0n) is 12.5. The summed E-state index contributed by atoms with van der Waals surface area (Å²) in [5, 5.41) is 5.41. The molecule has 5 heteroatoms. The first-order valence-electron chi connectivity index (χ1n) is 7.07. The maximum atomic E-state index is 12.4. The first kappa shape index (κ1) is 15.1. The summed E-state index contributed by atoms with van der Waals surface area (Å²) in [7, 11) is 0. The Hall–Kier alpha value is -2.30. The van der Waals surface area contributed by atoms with Gasteiger partial charge in [-0.2, -0.15) is 0 Å². The highest BCUT2D eigenvalue weighted by atomic mass is 16.5. The molecule has 0 aliphatic carbocycles. The van der Waals surface area contributed by atoms with E-state index >= 15 is 0 Å². The lowest BCUT2D eigenvalue weighted by atomic mass is 9.95. The average molecular weight is 288 g/mol. The second kappa shape index (κ2) is 6.43. The molecule has 1 aromatic rings. The summed E-state index contributed by atoms with van der Waals surface area (Å²) in [6.07, 6.45) is 0.584. The van der Waals surface area contributed by atoms with Crippen molar-refractivity contribution in [2.75, 3.05) is 0 Å². The molecule has 2 N–H and O–H groups in total. The minimum atomic E-state index is -0.489. The second-order valence-corrected chi connectivity index (χ2v) is 5.11. The summed E-state index contributed by atoms with van der Waals surface area (Å²) in [6.45, 7) is 5.51. The van der Waals surface area contributed by atoms with E-state index in [-0.39, 0.29) is 12.1 Å². The van der Waals surface area contributed by atoms with Crippen molar-refractivity contribution < 1.29 is 14.3 Å². The molecule has 2 rings (SSSR count). The molecule has 112 valence electrons. The highest BCUT2D eigenvalue weighted by Gasteiger charge is 2.32. The number of rotatable bonds is 4. The van der Waals surface area contributed by atoms with Crippen LogP contribution in [0.2, 0.25) is 0 Å². The molecule has 1 aliphatic rings. The number of urea groups is 1. The van der Waals surface area contributed by atoms with E-state index in [9.17, 15) is 9.59 Å². The Labute approximate surface area is 124 Å². The topological polar surface area (TPSA) is 67.4 Å². The van der Waals surface area contributed by atoms with E-state index in [1.54, 1.807) is 6.92 Å². The first-order valence-corrected chi connectivity index (χ1v) is 7.07. The Kier molecular flexibility index (Phi) is 4.62. The Balaban J connectivity index is 2.35. The van der Waals surface area contributed by atoms with E-state index in [0.29, 0.717) is 11.3 Å². The summed E-state index contributed by atoms with van der Waals surface area (Å²) in [5.74, 6) is -0.400. The van der Waals surface area contributed by atoms with E-state index in [4.69, 9.17) is 4.74 Å². The lowest BCUT2D eigenvalue weighted by Gasteiger charge is -2.28. The van der Waals surface area contributed by atoms with Crippen LogP contribution in [0.4, 0.5) is 4.79 Å². The fourth-order valence-corrected chi connectivity index (χ4v) is 2.19. The number of nitrogens with one attached hydrogen (secondary N) is 2. The number of esters is 1. The number of allylic oxidation sites excluding steroid dienone is 1. The molecule has 0 saturated carbocycles. The summed E-state index contributed by atoms with van der Waals surface area (Å²) in [4.78, 5) is 24.1. The molecule has 5 nitrogen and oxygen atoms in total. The van der Waals surface area contributed by atoms with Crippen molar-refractivity contribution in [1.82, 2.24) is 10.6 Å². The van der Waals surface area contributed by atoms with Gasteiger partial charge in [-0.15, -0.1) is 0 Å². The van der Waals surface area contributed by atoms with Gasteiger partial charge in [-0.05, 0) is 25.8 Å². The second-order valence-electron chi connectivity index (χ2n) is 5.11. The van der Waals surface area contributed by atoms with Gasteiger partial charge in [0.15, 0.2) is 0 Å². The summed E-state index contributed by atoms with van der Waals surface area (Å²) >= 11 is 0. The predicted molar refractivity (Wildman–Crippen MR) is 79.4 cm³/mol. The van der Waals surface area contributed by atoms with E-state index in [1.807, 2.05) is 44.2 Å². The van der Waals surface area contributed by atoms with E-state index in [0.717, 1.165) is 12.0 Å². The molecule has 2 atom stereocenters. The van der Waals surface area contributed by atoms with Gasteiger partial charge in [-0.3, -0.25) is 0 Å². The molecular formula is C16H20N2O3. The lowest BCUT2D eigenvalue weighted by molar-refractivity contribution is -0.144. The molecule has 1 aromatic carbocycles. The Morgan fingerprint density at radius 2 is 2.00 bits per heavy atom. The highest BCUT2D eigenvalue weighted by molar-refractivity contribution is 5.95. The molecule has 0 saturated heterocycles. The molecule has 2 amide bonds. The molecular weight excluding hydrogens is 268 g/mol. The zero-order valence-corrected chi connectivity index (χ0v) is 12.5. The maximum Gasteiger partial charge on any atom is 0.338 e. The molecule has 0 unspecified atom stereocenters. The van der Waals surface area contributed by atoms with Gasteiger partial charge >= 0.3 is 12.0 Å². The van der Waals surface area contributed by atoms with Crippen LogP contribution >= 0.6 is 0 Å². The van der Waals surface area contributed by atoms with Crippen LogP contribution in [0.1, 0.15) is 38.8 Å². The van der Waals surface area contributed by atoms with Crippen LogP contribution in [0, 0.1) is 0 Å². The van der Waals surface area contributed by atoms with Crippen LogP contribution in [-0.4, -0.2) is 18.1 Å². The van der Waals surface area contributed by atoms with Gasteiger partial charge in [0.05, 0.1) is 17.7 Å². The molecule has 0 radical (unpaired) electrons. The van der Waals surface area contributed by atoms with Gasteiger partial charge in [0.25, 0.3) is 0 Å². The van der Waals surface area contributed by atoms with Crippen molar-refractivity contribution in [3.05, 3.63) is 47.2 Å². The Morgan fingerprint density at radius 1 is 1.33 bits per heavy atom. The summed E-state index contributed by atoms with van der Waals surface area (Å²) < 4.78 is 5.41. The highest BCUT2D eigenvalue weighted by Crippen LogP contribution is 2.27. The monoisotopic (exact) mass is 288 g/mol. The quantitative estimate of drug-likeness (QED) is 0.837. The Morgan fingerprint density at radius 3 is 2.62 bits per heavy atom. The third-order valence-electron chi connectivity index (χ3n) is 3.51. The van der Waals surface area contributed by atoms with Gasteiger partial charge < -0.3 is 15.4 Å². The molecule has 1 heterocycles. The van der Waals surface area contributed by atoms with Crippen LogP contribution in [0.5, 0.6) is 0 Å². The van der Waals surface area contributed by atoms with Crippen LogP contribution in [-0.2, 0) is 9.53 Å². The van der Waals surface area contributed by atoms with Gasteiger partial charge in [0.1, 0.15) is 0 Å². The van der Waals surface area contributed by atoms with Crippen molar-refractivity contribution in [2.45, 2.75) is 39.3 Å². The van der Waals surface area contributed by atoms with Gasteiger partial charge in [0.2, 0.25) is 0 Å².